The van der Waals surface area contributed by atoms with Gasteiger partial charge in [0.2, 0.25) is 0 Å². The van der Waals surface area contributed by atoms with E-state index in [0.717, 1.165) is 0 Å². The molecule has 1 heterocycles. The number of aliphatic hydroxyl groups excluding tert-OH is 1. The number of carbonyl (C=O) groups is 2. The quantitative estimate of drug-likeness (QED) is 0.678. The molecule has 16 heavy (non-hydrogen) atoms. The molecule has 0 saturated heterocycles. The summed E-state index contributed by atoms with van der Waals surface area (Å²) < 4.78 is 0. The molecule has 1 aromatic heterocycles. The average Bonchev–Trinajstić information content (AvgIpc) is 2.64. The first-order chi connectivity index (χ1) is 7.52. The first-order valence-electron chi connectivity index (χ1n) is 4.61. The monoisotopic (exact) mass is 244 g/mol. The number of carboxylic acid groups (broad SMARTS) is 1. The molecular formula is C9H12N2O4S. The summed E-state index contributed by atoms with van der Waals surface area (Å²) >= 11 is 1.22. The van der Waals surface area contributed by atoms with Crippen molar-refractivity contribution >= 4 is 23.2 Å². The molecule has 0 aliphatic heterocycles. The highest BCUT2D eigenvalue weighted by atomic mass is 32.1. The Morgan fingerprint density at radius 1 is 1.62 bits per heavy atom. The van der Waals surface area contributed by atoms with Crippen molar-refractivity contribution in [2.24, 2.45) is 0 Å². The summed E-state index contributed by atoms with van der Waals surface area (Å²) in [4.78, 5) is 26.2. The summed E-state index contributed by atoms with van der Waals surface area (Å²) in [5.41, 5.74) is 2.21. The van der Waals surface area contributed by atoms with Crippen LogP contribution in [-0.4, -0.2) is 39.7 Å². The van der Waals surface area contributed by atoms with Crippen molar-refractivity contribution in [3.8, 4) is 0 Å². The molecular weight excluding hydrogens is 232 g/mol. The third-order valence-corrected chi connectivity index (χ3v) is 2.87. The van der Waals surface area contributed by atoms with Gasteiger partial charge in [-0.3, -0.25) is 4.79 Å². The number of carboxylic acids is 1. The lowest BCUT2D eigenvalue weighted by atomic mass is 10.2. The number of aliphatic hydroxyl groups is 1. The standard InChI is InChI=1S/C9H12N2O4S/c1-5-7(16-4-11-5)8(13)10-3-2-6(12)9(14)15/h4,6,12H,2-3H2,1H3,(H,10,13)(H,14,15)/t6-/m0/s1. The summed E-state index contributed by atoms with van der Waals surface area (Å²) in [5.74, 6) is -1.58. The highest BCUT2D eigenvalue weighted by molar-refractivity contribution is 7.11. The summed E-state index contributed by atoms with van der Waals surface area (Å²) in [6, 6.07) is 0. The van der Waals surface area contributed by atoms with Crippen molar-refractivity contribution in [2.75, 3.05) is 6.54 Å². The molecule has 0 saturated carbocycles. The van der Waals surface area contributed by atoms with E-state index in [-0.39, 0.29) is 18.9 Å². The number of carbonyl (C=O) groups excluding carboxylic acids is 1. The molecule has 0 unspecified atom stereocenters. The highest BCUT2D eigenvalue weighted by Crippen LogP contribution is 2.11. The minimum atomic E-state index is -1.44. The number of nitrogens with one attached hydrogen (secondary N) is 1. The SMILES string of the molecule is Cc1ncsc1C(=O)NCC[C@H](O)C(=O)O. The van der Waals surface area contributed by atoms with Crippen LogP contribution < -0.4 is 5.32 Å². The molecule has 0 fully saturated rings. The van der Waals surface area contributed by atoms with Crippen LogP contribution in [-0.2, 0) is 4.79 Å². The Morgan fingerprint density at radius 2 is 2.31 bits per heavy atom. The molecule has 0 bridgehead atoms. The molecule has 7 heteroatoms. The fourth-order valence-corrected chi connectivity index (χ4v) is 1.76. The van der Waals surface area contributed by atoms with Gasteiger partial charge in [0.25, 0.3) is 5.91 Å². The van der Waals surface area contributed by atoms with Crippen LogP contribution in [0.4, 0.5) is 0 Å². The van der Waals surface area contributed by atoms with Gasteiger partial charge in [0.15, 0.2) is 6.10 Å². The van der Waals surface area contributed by atoms with Crippen LogP contribution in [0.2, 0.25) is 0 Å². The van der Waals surface area contributed by atoms with Gasteiger partial charge in [-0.1, -0.05) is 0 Å². The average molecular weight is 244 g/mol. The van der Waals surface area contributed by atoms with Crippen LogP contribution in [0.1, 0.15) is 21.8 Å². The summed E-state index contributed by atoms with van der Waals surface area (Å²) in [7, 11) is 0. The van der Waals surface area contributed by atoms with Crippen LogP contribution >= 0.6 is 11.3 Å². The molecule has 0 aliphatic carbocycles. The highest BCUT2D eigenvalue weighted by Gasteiger charge is 2.15. The van der Waals surface area contributed by atoms with Crippen LogP contribution in [0, 0.1) is 6.92 Å². The Bertz CT molecular complexity index is 391. The van der Waals surface area contributed by atoms with E-state index in [9.17, 15) is 9.59 Å². The van der Waals surface area contributed by atoms with Gasteiger partial charge in [-0.05, 0) is 6.92 Å². The number of thiazole rings is 1. The van der Waals surface area contributed by atoms with E-state index in [2.05, 4.69) is 10.3 Å². The molecule has 88 valence electrons. The van der Waals surface area contributed by atoms with Crippen LogP contribution in [0.5, 0.6) is 0 Å². The first kappa shape index (κ1) is 12.6. The number of aromatic nitrogens is 1. The molecule has 1 atom stereocenters. The normalized spacial score (nSPS) is 12.1. The van der Waals surface area contributed by atoms with Crippen LogP contribution in [0.15, 0.2) is 5.51 Å². The number of hydrogen-bond acceptors (Lipinski definition) is 5. The Morgan fingerprint density at radius 3 is 2.81 bits per heavy atom. The van der Waals surface area contributed by atoms with E-state index < -0.39 is 12.1 Å². The molecule has 1 rings (SSSR count). The van der Waals surface area contributed by atoms with E-state index in [0.29, 0.717) is 10.6 Å². The lowest BCUT2D eigenvalue weighted by Crippen LogP contribution is -2.29. The van der Waals surface area contributed by atoms with E-state index in [1.807, 2.05) is 0 Å². The van der Waals surface area contributed by atoms with Gasteiger partial charge in [0.05, 0.1) is 11.2 Å². The Labute approximate surface area is 95.9 Å². The second-order valence-electron chi connectivity index (χ2n) is 3.17. The van der Waals surface area contributed by atoms with Gasteiger partial charge in [-0.15, -0.1) is 11.3 Å². The molecule has 1 aromatic rings. The van der Waals surface area contributed by atoms with Gasteiger partial charge in [-0.2, -0.15) is 0 Å². The zero-order valence-corrected chi connectivity index (χ0v) is 9.45. The number of hydrogen-bond donors (Lipinski definition) is 3. The van der Waals surface area contributed by atoms with Crippen molar-refractivity contribution < 1.29 is 19.8 Å². The molecule has 0 radical (unpaired) electrons. The molecule has 3 N–H and O–H groups in total. The summed E-state index contributed by atoms with van der Waals surface area (Å²) in [6.45, 7) is 1.83. The van der Waals surface area contributed by atoms with E-state index in [4.69, 9.17) is 10.2 Å². The number of rotatable bonds is 5. The topological polar surface area (TPSA) is 99.5 Å². The van der Waals surface area contributed by atoms with E-state index >= 15 is 0 Å². The lowest BCUT2D eigenvalue weighted by Gasteiger charge is -2.06. The maximum absolute atomic E-state index is 11.5. The second-order valence-corrected chi connectivity index (χ2v) is 4.02. The fraction of sp³-hybridized carbons (Fsp3) is 0.444. The number of aryl methyl sites for hydroxylation is 1. The van der Waals surface area contributed by atoms with Gasteiger partial charge in [0.1, 0.15) is 4.88 Å². The Kier molecular flexibility index (Phi) is 4.39. The predicted octanol–water partition coefficient (Wildman–Crippen LogP) is 0.0169. The molecule has 6 nitrogen and oxygen atoms in total. The largest absolute Gasteiger partial charge is 0.479 e. The molecule has 1 amide bonds. The number of amides is 1. The minimum Gasteiger partial charge on any atom is -0.479 e. The third-order valence-electron chi connectivity index (χ3n) is 1.94. The summed E-state index contributed by atoms with van der Waals surface area (Å²) in [6.07, 6.45) is -1.46. The van der Waals surface area contributed by atoms with Crippen LogP contribution in [0.3, 0.4) is 0 Å². The van der Waals surface area contributed by atoms with Crippen molar-refractivity contribution in [1.29, 1.82) is 0 Å². The van der Waals surface area contributed by atoms with Crippen LogP contribution in [0.25, 0.3) is 0 Å². The van der Waals surface area contributed by atoms with Gasteiger partial charge < -0.3 is 15.5 Å². The lowest BCUT2D eigenvalue weighted by molar-refractivity contribution is -0.146. The zero-order valence-electron chi connectivity index (χ0n) is 8.64. The Hall–Kier alpha value is -1.47. The third kappa shape index (κ3) is 3.28. The van der Waals surface area contributed by atoms with Crippen molar-refractivity contribution in [1.82, 2.24) is 10.3 Å². The van der Waals surface area contributed by atoms with Crippen molar-refractivity contribution in [3.63, 3.8) is 0 Å². The Balaban J connectivity index is 2.37. The van der Waals surface area contributed by atoms with E-state index in [1.165, 1.54) is 11.3 Å². The number of nitrogens with zero attached hydrogens (tertiary/aromatic N) is 1. The van der Waals surface area contributed by atoms with Crippen molar-refractivity contribution in [3.05, 3.63) is 16.1 Å². The predicted molar refractivity (Wildman–Crippen MR) is 57.4 cm³/mol. The zero-order chi connectivity index (χ0) is 12.1. The van der Waals surface area contributed by atoms with E-state index in [1.54, 1.807) is 12.4 Å². The smallest absolute Gasteiger partial charge is 0.332 e. The van der Waals surface area contributed by atoms with Gasteiger partial charge in [-0.25, -0.2) is 9.78 Å². The number of aliphatic carboxylic acids is 1. The molecule has 0 aromatic carbocycles. The fourth-order valence-electron chi connectivity index (χ4n) is 1.05. The first-order valence-corrected chi connectivity index (χ1v) is 5.49. The summed E-state index contributed by atoms with van der Waals surface area (Å²) in [5, 5.41) is 19.9. The molecule has 0 spiro atoms. The molecule has 0 aliphatic rings. The van der Waals surface area contributed by atoms with Gasteiger partial charge >= 0.3 is 5.97 Å². The maximum atomic E-state index is 11.5. The second kappa shape index (κ2) is 5.57. The van der Waals surface area contributed by atoms with Crippen molar-refractivity contribution in [2.45, 2.75) is 19.4 Å². The minimum absolute atomic E-state index is 0.0150. The maximum Gasteiger partial charge on any atom is 0.332 e. The van der Waals surface area contributed by atoms with Gasteiger partial charge in [0, 0.05) is 13.0 Å².